The minimum Gasteiger partial charge on any atom is -0.479 e. The van der Waals surface area contributed by atoms with Crippen LogP contribution in [0.2, 0.25) is 0 Å². The lowest BCUT2D eigenvalue weighted by atomic mass is 9.93. The largest absolute Gasteiger partial charge is 0.479 e. The van der Waals surface area contributed by atoms with Gasteiger partial charge in [0.25, 0.3) is 11.8 Å². The molecule has 4 rings (SSSR count). The summed E-state index contributed by atoms with van der Waals surface area (Å²) in [5.41, 5.74) is 2.61. The number of thiazole rings is 1. The molecule has 1 aliphatic rings. The molecule has 33 heavy (non-hydrogen) atoms. The molecule has 0 spiro atoms. The van der Waals surface area contributed by atoms with Gasteiger partial charge in [-0.25, -0.2) is 9.97 Å². The maximum atomic E-state index is 13.1. The average Bonchev–Trinajstić information content (AvgIpc) is 3.32. The zero-order valence-electron chi connectivity index (χ0n) is 18.5. The third-order valence-corrected chi connectivity index (χ3v) is 6.82. The topological polar surface area (TPSA) is 114 Å². The van der Waals surface area contributed by atoms with E-state index in [1.54, 1.807) is 38.4 Å². The standard InChI is InChI=1S/C23H26N4O5S/c1-27(22(30)16-5-3-15(4-6-16)20(29)24-9-10-28)23-26-18-19(33-23)17(13-25-21(18)31-2)14-7-11-32-12-8-14/h3-6,13-14,28H,7-12H2,1-2H3,(H,24,29). The number of aromatic nitrogens is 2. The smallest absolute Gasteiger partial charge is 0.259 e. The Hall–Kier alpha value is -3.08. The number of benzene rings is 1. The number of rotatable bonds is 7. The Morgan fingerprint density at radius 3 is 2.61 bits per heavy atom. The molecule has 0 saturated carbocycles. The number of fused-ring (bicyclic) bond motifs is 1. The van der Waals surface area contributed by atoms with Crippen molar-refractivity contribution in [2.24, 2.45) is 0 Å². The highest BCUT2D eigenvalue weighted by Crippen LogP contribution is 2.40. The SMILES string of the molecule is COc1ncc(C2CCOCC2)c2sc(N(C)C(=O)c3ccc(C(=O)NCCO)cc3)nc12. The van der Waals surface area contributed by atoms with E-state index in [4.69, 9.17) is 14.6 Å². The first-order chi connectivity index (χ1) is 16.0. The molecule has 0 atom stereocenters. The Bertz CT molecular complexity index is 1140. The van der Waals surface area contributed by atoms with Crippen molar-refractivity contribution < 1.29 is 24.2 Å². The molecule has 0 bridgehead atoms. The number of carbonyl (C=O) groups is 2. The first-order valence-electron chi connectivity index (χ1n) is 10.7. The molecule has 3 heterocycles. The number of hydrogen-bond acceptors (Lipinski definition) is 8. The molecule has 0 radical (unpaired) electrons. The Morgan fingerprint density at radius 2 is 1.94 bits per heavy atom. The summed E-state index contributed by atoms with van der Waals surface area (Å²) in [7, 11) is 3.23. The van der Waals surface area contributed by atoms with Gasteiger partial charge in [-0.05, 0) is 48.6 Å². The Morgan fingerprint density at radius 1 is 1.24 bits per heavy atom. The number of aliphatic hydroxyl groups excluding tert-OH is 1. The number of nitrogens with one attached hydrogen (secondary N) is 1. The maximum Gasteiger partial charge on any atom is 0.259 e. The van der Waals surface area contributed by atoms with Crippen LogP contribution in [0.5, 0.6) is 5.88 Å². The van der Waals surface area contributed by atoms with E-state index in [1.165, 1.54) is 16.2 Å². The van der Waals surface area contributed by atoms with E-state index >= 15 is 0 Å². The molecule has 3 aromatic rings. The predicted molar refractivity (Wildman–Crippen MR) is 125 cm³/mol. The Balaban J connectivity index is 1.60. The summed E-state index contributed by atoms with van der Waals surface area (Å²) < 4.78 is 11.9. The van der Waals surface area contributed by atoms with E-state index in [2.05, 4.69) is 15.3 Å². The van der Waals surface area contributed by atoms with Crippen LogP contribution in [0.15, 0.2) is 30.5 Å². The van der Waals surface area contributed by atoms with Gasteiger partial charge in [-0.3, -0.25) is 14.5 Å². The lowest BCUT2D eigenvalue weighted by Gasteiger charge is -2.22. The molecule has 0 aliphatic carbocycles. The minimum absolute atomic E-state index is 0.133. The zero-order valence-corrected chi connectivity index (χ0v) is 19.4. The van der Waals surface area contributed by atoms with Gasteiger partial charge in [-0.2, -0.15) is 0 Å². The van der Waals surface area contributed by atoms with Crippen molar-refractivity contribution in [2.45, 2.75) is 18.8 Å². The Kier molecular flexibility index (Phi) is 7.17. The summed E-state index contributed by atoms with van der Waals surface area (Å²) in [5.74, 6) is 0.222. The van der Waals surface area contributed by atoms with Crippen molar-refractivity contribution in [3.05, 3.63) is 47.2 Å². The van der Waals surface area contributed by atoms with Crippen LogP contribution in [0.1, 0.15) is 45.0 Å². The number of anilines is 1. The van der Waals surface area contributed by atoms with Gasteiger partial charge in [0, 0.05) is 44.1 Å². The molecule has 174 valence electrons. The molecule has 1 saturated heterocycles. The molecule has 10 heteroatoms. The van der Waals surface area contributed by atoms with Gasteiger partial charge in [0.05, 0.1) is 18.4 Å². The minimum atomic E-state index is -0.303. The highest BCUT2D eigenvalue weighted by molar-refractivity contribution is 7.22. The molecule has 0 unspecified atom stereocenters. The van der Waals surface area contributed by atoms with Crippen LogP contribution >= 0.6 is 11.3 Å². The lowest BCUT2D eigenvalue weighted by molar-refractivity contribution is 0.0855. The zero-order chi connectivity index (χ0) is 23.4. The fourth-order valence-electron chi connectivity index (χ4n) is 3.81. The molecule has 1 aliphatic heterocycles. The summed E-state index contributed by atoms with van der Waals surface area (Å²) >= 11 is 1.44. The fraction of sp³-hybridized carbons (Fsp3) is 0.391. The summed E-state index contributed by atoms with van der Waals surface area (Å²) in [4.78, 5) is 35.8. The molecule has 9 nitrogen and oxygen atoms in total. The van der Waals surface area contributed by atoms with Gasteiger partial charge in [-0.15, -0.1) is 0 Å². The second kappa shape index (κ2) is 10.2. The van der Waals surface area contributed by atoms with Gasteiger partial charge < -0.3 is 19.9 Å². The molecule has 1 fully saturated rings. The van der Waals surface area contributed by atoms with Crippen LogP contribution in [0.4, 0.5) is 5.13 Å². The van der Waals surface area contributed by atoms with Crippen molar-refractivity contribution in [3.63, 3.8) is 0 Å². The van der Waals surface area contributed by atoms with E-state index in [9.17, 15) is 9.59 Å². The number of nitrogens with zero attached hydrogens (tertiary/aromatic N) is 3. The summed E-state index contributed by atoms with van der Waals surface area (Å²) in [6.07, 6.45) is 3.69. The normalized spacial score (nSPS) is 14.3. The number of ether oxygens (including phenoxy) is 2. The van der Waals surface area contributed by atoms with Crippen molar-refractivity contribution in [1.29, 1.82) is 0 Å². The van der Waals surface area contributed by atoms with Gasteiger partial charge in [0.2, 0.25) is 5.88 Å². The van der Waals surface area contributed by atoms with E-state index < -0.39 is 0 Å². The number of carbonyl (C=O) groups excluding carboxylic acids is 2. The highest BCUT2D eigenvalue weighted by Gasteiger charge is 2.25. The predicted octanol–water partition coefficient (Wildman–Crippen LogP) is 2.59. The van der Waals surface area contributed by atoms with Crippen LogP contribution in [-0.2, 0) is 4.74 Å². The summed E-state index contributed by atoms with van der Waals surface area (Å²) in [5, 5.41) is 12.0. The fourth-order valence-corrected chi connectivity index (χ4v) is 4.91. The van der Waals surface area contributed by atoms with Crippen LogP contribution in [0.25, 0.3) is 10.2 Å². The van der Waals surface area contributed by atoms with Gasteiger partial charge in [0.15, 0.2) is 5.13 Å². The number of hydrogen-bond donors (Lipinski definition) is 2. The first-order valence-corrected chi connectivity index (χ1v) is 11.5. The quantitative estimate of drug-likeness (QED) is 0.546. The third kappa shape index (κ3) is 4.82. The summed E-state index contributed by atoms with van der Waals surface area (Å²) in [6, 6.07) is 6.38. The van der Waals surface area contributed by atoms with Crippen molar-refractivity contribution >= 4 is 38.5 Å². The average molecular weight is 471 g/mol. The summed E-state index contributed by atoms with van der Waals surface area (Å²) in [6.45, 7) is 1.48. The molecular weight excluding hydrogens is 444 g/mol. The van der Waals surface area contributed by atoms with E-state index in [0.717, 1.165) is 36.3 Å². The van der Waals surface area contributed by atoms with Gasteiger partial charge in [0.1, 0.15) is 5.52 Å². The lowest BCUT2D eigenvalue weighted by Crippen LogP contribution is -2.27. The monoisotopic (exact) mass is 470 g/mol. The van der Waals surface area contributed by atoms with Crippen LogP contribution in [-0.4, -0.2) is 67.4 Å². The van der Waals surface area contributed by atoms with Crippen LogP contribution < -0.4 is 15.0 Å². The van der Waals surface area contributed by atoms with Crippen LogP contribution in [0.3, 0.4) is 0 Å². The van der Waals surface area contributed by atoms with E-state index in [0.29, 0.717) is 33.6 Å². The molecular formula is C23H26N4O5S. The van der Waals surface area contributed by atoms with Crippen LogP contribution in [0, 0.1) is 0 Å². The van der Waals surface area contributed by atoms with Gasteiger partial charge >= 0.3 is 0 Å². The highest BCUT2D eigenvalue weighted by atomic mass is 32.1. The Labute approximate surface area is 195 Å². The first kappa shape index (κ1) is 23.1. The van der Waals surface area contributed by atoms with E-state index in [1.807, 2.05) is 6.20 Å². The molecule has 1 aromatic carbocycles. The van der Waals surface area contributed by atoms with Crippen molar-refractivity contribution in [3.8, 4) is 5.88 Å². The molecule has 2 aromatic heterocycles. The molecule has 2 amide bonds. The third-order valence-electron chi connectivity index (χ3n) is 5.64. The molecule has 2 N–H and O–H groups in total. The van der Waals surface area contributed by atoms with Gasteiger partial charge in [-0.1, -0.05) is 11.3 Å². The number of methoxy groups -OCH3 is 1. The second-order valence-electron chi connectivity index (χ2n) is 7.70. The number of pyridine rings is 1. The number of amides is 2. The number of aliphatic hydroxyl groups is 1. The van der Waals surface area contributed by atoms with Crippen molar-refractivity contribution in [2.75, 3.05) is 45.4 Å². The van der Waals surface area contributed by atoms with E-state index in [-0.39, 0.29) is 25.0 Å². The second-order valence-corrected chi connectivity index (χ2v) is 8.68. The maximum absolute atomic E-state index is 13.1. The van der Waals surface area contributed by atoms with Crippen molar-refractivity contribution in [1.82, 2.24) is 15.3 Å².